The second-order valence-electron chi connectivity index (χ2n) is 6.42. The van der Waals surface area contributed by atoms with Gasteiger partial charge in [0, 0.05) is 10.0 Å². The van der Waals surface area contributed by atoms with E-state index in [2.05, 4.69) is 10.3 Å². The van der Waals surface area contributed by atoms with E-state index < -0.39 is 5.60 Å². The first kappa shape index (κ1) is 21.3. The molecule has 4 nitrogen and oxygen atoms in total. The number of aliphatic imine (C=N–C) groups is 1. The molecule has 0 saturated carbocycles. The fraction of sp³-hybridized carbons (Fsp3) is 0.316. The number of fused-ring (bicyclic) bond motifs is 1. The average molecular weight is 506 g/mol. The lowest BCUT2D eigenvalue weighted by Crippen LogP contribution is -2.36. The van der Waals surface area contributed by atoms with Crippen LogP contribution in [-0.2, 0) is 12.0 Å². The summed E-state index contributed by atoms with van der Waals surface area (Å²) in [7, 11) is 0. The third kappa shape index (κ3) is 4.63. The van der Waals surface area contributed by atoms with E-state index in [1.54, 1.807) is 12.1 Å². The van der Waals surface area contributed by atoms with Crippen LogP contribution >= 0.6 is 47.2 Å². The number of nitrogens with zero attached hydrogens (tertiary/aromatic N) is 1. The highest BCUT2D eigenvalue weighted by Gasteiger charge is 2.36. The van der Waals surface area contributed by atoms with Crippen LogP contribution in [0.5, 0.6) is 0 Å². The molecule has 1 aliphatic rings. The van der Waals surface area contributed by atoms with Crippen molar-refractivity contribution in [1.29, 1.82) is 0 Å². The molecule has 0 heterocycles. The molecule has 7 heteroatoms. The first-order chi connectivity index (χ1) is 11.9. The molecule has 4 N–H and O–H groups in total. The van der Waals surface area contributed by atoms with E-state index in [-0.39, 0.29) is 42.5 Å². The number of nitrogens with two attached hydrogens (primary N) is 1. The van der Waals surface area contributed by atoms with Crippen molar-refractivity contribution in [3.8, 4) is 0 Å². The third-order valence-corrected chi connectivity index (χ3v) is 5.19. The Bertz CT molecular complexity index is 815. The highest BCUT2D eigenvalue weighted by Crippen LogP contribution is 2.36. The topological polar surface area (TPSA) is 70.6 Å². The SMILES string of the molecule is CC(NC(N)=NCC1(O)CCc2ccccc21)c1ccc(Cl)cc1Cl.I. The van der Waals surface area contributed by atoms with Crippen LogP contribution in [0.25, 0.3) is 0 Å². The Morgan fingerprint density at radius 1 is 1.31 bits per heavy atom. The standard InChI is InChI=1S/C19H21Cl2N3O.HI/c1-12(15-7-6-14(20)10-17(15)21)24-18(22)23-11-19(25)9-8-13-4-2-3-5-16(13)19;/h2-7,10,12,25H,8-9,11H2,1H3,(H3,22,23,24);1H. The number of guanidine groups is 1. The Morgan fingerprint density at radius 3 is 2.77 bits per heavy atom. The molecule has 1 aliphatic carbocycles. The van der Waals surface area contributed by atoms with Gasteiger partial charge in [-0.3, -0.25) is 4.99 Å². The zero-order valence-electron chi connectivity index (χ0n) is 14.4. The average Bonchev–Trinajstić information content (AvgIpc) is 2.91. The molecule has 140 valence electrons. The Balaban J connectivity index is 0.00000243. The second kappa shape index (κ2) is 8.78. The van der Waals surface area contributed by atoms with Crippen LogP contribution < -0.4 is 11.1 Å². The van der Waals surface area contributed by atoms with E-state index in [0.717, 1.165) is 17.5 Å². The Morgan fingerprint density at radius 2 is 2.04 bits per heavy atom. The molecule has 0 aromatic heterocycles. The van der Waals surface area contributed by atoms with Gasteiger partial charge in [-0.15, -0.1) is 24.0 Å². The summed E-state index contributed by atoms with van der Waals surface area (Å²) in [6.07, 6.45) is 1.51. The van der Waals surface area contributed by atoms with Gasteiger partial charge in [-0.2, -0.15) is 0 Å². The number of aliphatic hydroxyl groups is 1. The van der Waals surface area contributed by atoms with Crippen LogP contribution in [-0.4, -0.2) is 17.6 Å². The lowest BCUT2D eigenvalue weighted by molar-refractivity contribution is 0.0486. The van der Waals surface area contributed by atoms with E-state index in [4.69, 9.17) is 28.9 Å². The first-order valence-electron chi connectivity index (χ1n) is 8.21. The normalized spacial score (nSPS) is 20.2. The summed E-state index contributed by atoms with van der Waals surface area (Å²) in [5, 5.41) is 15.2. The Kier molecular flexibility index (Phi) is 7.19. The smallest absolute Gasteiger partial charge is 0.189 e. The monoisotopic (exact) mass is 505 g/mol. The first-order valence-corrected chi connectivity index (χ1v) is 8.97. The summed E-state index contributed by atoms with van der Waals surface area (Å²) < 4.78 is 0. The lowest BCUT2D eigenvalue weighted by atomic mass is 9.96. The van der Waals surface area contributed by atoms with E-state index in [9.17, 15) is 5.11 Å². The van der Waals surface area contributed by atoms with Gasteiger partial charge in [-0.05, 0) is 48.6 Å². The predicted molar refractivity (Wildman–Crippen MR) is 119 cm³/mol. The molecule has 0 saturated heterocycles. The molecule has 0 bridgehead atoms. The molecule has 0 spiro atoms. The number of halogens is 3. The summed E-state index contributed by atoms with van der Waals surface area (Å²) in [5.74, 6) is 0.274. The van der Waals surface area contributed by atoms with Gasteiger partial charge < -0.3 is 16.2 Å². The van der Waals surface area contributed by atoms with Gasteiger partial charge in [-0.25, -0.2) is 0 Å². The molecule has 0 fully saturated rings. The molecule has 26 heavy (non-hydrogen) atoms. The highest BCUT2D eigenvalue weighted by atomic mass is 127. The molecule has 2 aromatic carbocycles. The lowest BCUT2D eigenvalue weighted by Gasteiger charge is -2.23. The molecule has 2 aromatic rings. The molecule has 0 radical (unpaired) electrons. The summed E-state index contributed by atoms with van der Waals surface area (Å²) in [6, 6.07) is 13.1. The van der Waals surface area contributed by atoms with Crippen molar-refractivity contribution in [2.75, 3.05) is 6.54 Å². The van der Waals surface area contributed by atoms with E-state index >= 15 is 0 Å². The molecule has 3 rings (SSSR count). The predicted octanol–water partition coefficient (Wildman–Crippen LogP) is 4.41. The number of nitrogens with one attached hydrogen (secondary N) is 1. The maximum absolute atomic E-state index is 10.9. The highest BCUT2D eigenvalue weighted by molar-refractivity contribution is 14.0. The summed E-state index contributed by atoms with van der Waals surface area (Å²) >= 11 is 12.1. The minimum absolute atomic E-state index is 0. The zero-order chi connectivity index (χ0) is 18.0. The number of benzene rings is 2. The van der Waals surface area contributed by atoms with Crippen molar-refractivity contribution in [3.63, 3.8) is 0 Å². The van der Waals surface area contributed by atoms with E-state index in [0.29, 0.717) is 16.5 Å². The van der Waals surface area contributed by atoms with Crippen molar-refractivity contribution in [2.45, 2.75) is 31.4 Å². The summed E-state index contributed by atoms with van der Waals surface area (Å²) in [4.78, 5) is 4.35. The van der Waals surface area contributed by atoms with Crippen LogP contribution in [0.15, 0.2) is 47.5 Å². The van der Waals surface area contributed by atoms with Crippen molar-refractivity contribution in [2.24, 2.45) is 10.7 Å². The number of rotatable bonds is 4. The third-order valence-electron chi connectivity index (χ3n) is 4.63. The summed E-state index contributed by atoms with van der Waals surface area (Å²) in [6.45, 7) is 2.17. The Hall–Kier alpha value is -1.02. The molecule has 0 aliphatic heterocycles. The van der Waals surface area contributed by atoms with Crippen molar-refractivity contribution in [1.82, 2.24) is 5.32 Å². The van der Waals surface area contributed by atoms with Gasteiger partial charge in [0.15, 0.2) is 5.96 Å². The molecule has 0 amide bonds. The van der Waals surface area contributed by atoms with E-state index in [1.807, 2.05) is 37.3 Å². The van der Waals surface area contributed by atoms with Crippen molar-refractivity contribution in [3.05, 3.63) is 69.2 Å². The number of aryl methyl sites for hydroxylation is 1. The van der Waals surface area contributed by atoms with Gasteiger partial charge in [0.1, 0.15) is 5.60 Å². The molecular weight excluding hydrogens is 484 g/mol. The van der Waals surface area contributed by atoms with Crippen LogP contribution in [0.3, 0.4) is 0 Å². The minimum Gasteiger partial charge on any atom is -0.383 e. The van der Waals surface area contributed by atoms with Crippen LogP contribution in [0.1, 0.15) is 36.1 Å². The van der Waals surface area contributed by atoms with Gasteiger partial charge in [0.25, 0.3) is 0 Å². The quantitative estimate of drug-likeness (QED) is 0.327. The van der Waals surface area contributed by atoms with Gasteiger partial charge >= 0.3 is 0 Å². The van der Waals surface area contributed by atoms with Gasteiger partial charge in [0.05, 0.1) is 12.6 Å². The minimum atomic E-state index is -0.954. The largest absolute Gasteiger partial charge is 0.383 e. The molecule has 2 unspecified atom stereocenters. The fourth-order valence-electron chi connectivity index (χ4n) is 3.25. The van der Waals surface area contributed by atoms with Gasteiger partial charge in [0.2, 0.25) is 0 Å². The van der Waals surface area contributed by atoms with Crippen LogP contribution in [0.2, 0.25) is 10.0 Å². The van der Waals surface area contributed by atoms with Gasteiger partial charge in [-0.1, -0.05) is 53.5 Å². The zero-order valence-corrected chi connectivity index (χ0v) is 18.2. The Labute approximate surface area is 180 Å². The maximum Gasteiger partial charge on any atom is 0.189 e. The van der Waals surface area contributed by atoms with Crippen molar-refractivity contribution < 1.29 is 5.11 Å². The number of hydrogen-bond donors (Lipinski definition) is 3. The molecular formula is C19H22Cl2IN3O. The maximum atomic E-state index is 10.9. The fourth-order valence-corrected chi connectivity index (χ4v) is 3.82. The second-order valence-corrected chi connectivity index (χ2v) is 7.27. The summed E-state index contributed by atoms with van der Waals surface area (Å²) in [5.41, 5.74) is 8.06. The van der Waals surface area contributed by atoms with Crippen LogP contribution in [0, 0.1) is 0 Å². The molecule has 2 atom stereocenters. The van der Waals surface area contributed by atoms with Crippen molar-refractivity contribution >= 4 is 53.1 Å². The number of hydrogen-bond acceptors (Lipinski definition) is 2. The van der Waals surface area contributed by atoms with E-state index in [1.165, 1.54) is 5.56 Å². The van der Waals surface area contributed by atoms with Crippen LogP contribution in [0.4, 0.5) is 0 Å².